The van der Waals surface area contributed by atoms with Gasteiger partial charge in [-0.25, -0.2) is 0 Å². The summed E-state index contributed by atoms with van der Waals surface area (Å²) in [6.45, 7) is 0. The molecule has 0 saturated heterocycles. The molecule has 11 aromatic rings. The Labute approximate surface area is 338 Å². The number of nitrogens with zero attached hydrogens (tertiary/aromatic N) is 2. The lowest BCUT2D eigenvalue weighted by atomic mass is 9.96. The quantitative estimate of drug-likeness (QED) is 0.158. The van der Waals surface area contributed by atoms with Crippen LogP contribution in [0.2, 0.25) is 0 Å². The Morgan fingerprint density at radius 3 is 1.45 bits per heavy atom. The van der Waals surface area contributed by atoms with Crippen molar-refractivity contribution in [2.45, 2.75) is 0 Å². The highest BCUT2D eigenvalue weighted by atomic mass is 15.1. The van der Waals surface area contributed by atoms with E-state index in [1.165, 1.54) is 76.7 Å². The normalized spacial score (nSPS) is 11.4. The Balaban J connectivity index is 1.01. The minimum Gasteiger partial charge on any atom is -0.310 e. The van der Waals surface area contributed by atoms with Crippen LogP contribution in [0.4, 0.5) is 17.1 Å². The van der Waals surface area contributed by atoms with Crippen molar-refractivity contribution in [3.63, 3.8) is 0 Å². The maximum Gasteiger partial charge on any atom is 0.0541 e. The first-order valence-corrected chi connectivity index (χ1v) is 19.9. The minimum atomic E-state index is 1.09. The highest BCUT2D eigenvalue weighted by Gasteiger charge is 2.19. The van der Waals surface area contributed by atoms with E-state index in [1.807, 2.05) is 0 Å². The summed E-state index contributed by atoms with van der Waals surface area (Å²) in [7, 11) is 0. The molecule has 0 aliphatic rings. The van der Waals surface area contributed by atoms with E-state index in [0.717, 1.165) is 22.7 Å². The van der Waals surface area contributed by atoms with Crippen LogP contribution < -0.4 is 4.90 Å². The van der Waals surface area contributed by atoms with Gasteiger partial charge in [-0.15, -0.1) is 0 Å². The summed E-state index contributed by atoms with van der Waals surface area (Å²) in [4.78, 5) is 2.40. The van der Waals surface area contributed by atoms with Crippen molar-refractivity contribution in [3.05, 3.63) is 231 Å². The van der Waals surface area contributed by atoms with E-state index in [0.29, 0.717) is 0 Å². The van der Waals surface area contributed by atoms with Gasteiger partial charge in [-0.1, -0.05) is 170 Å². The molecule has 0 unspecified atom stereocenters. The first-order valence-electron chi connectivity index (χ1n) is 19.9. The van der Waals surface area contributed by atoms with E-state index >= 15 is 0 Å². The molecule has 58 heavy (non-hydrogen) atoms. The average Bonchev–Trinajstić information content (AvgIpc) is 3.64. The molecule has 0 radical (unpaired) electrons. The largest absolute Gasteiger partial charge is 0.310 e. The lowest BCUT2D eigenvalue weighted by molar-refractivity contribution is 1.17. The number of aromatic nitrogens is 1. The summed E-state index contributed by atoms with van der Waals surface area (Å²) < 4.78 is 2.38. The lowest BCUT2D eigenvalue weighted by Gasteiger charge is -2.28. The van der Waals surface area contributed by atoms with E-state index in [9.17, 15) is 0 Å². The molecule has 272 valence electrons. The third-order valence-corrected chi connectivity index (χ3v) is 11.6. The molecule has 0 atom stereocenters. The molecule has 2 heteroatoms. The van der Waals surface area contributed by atoms with Crippen LogP contribution in [0.3, 0.4) is 0 Å². The summed E-state index contributed by atoms with van der Waals surface area (Å²) in [5, 5.41) is 7.50. The Kier molecular flexibility index (Phi) is 8.19. The standard InChI is InChI=1S/C56H38N2/c1-2-14-44-38-45(29-28-39(44)12-1)42-26-24-40(25-27-42)41-30-32-46(33-31-41)57(54-21-8-5-17-51(54)50-20-11-15-43-13-3-4-16-49(43)50)47-34-36-48(37-35-47)58-55-22-9-6-18-52(55)53-19-7-10-23-56(53)58/h1-38H. The van der Waals surface area contributed by atoms with E-state index in [2.05, 4.69) is 240 Å². The third-order valence-electron chi connectivity index (χ3n) is 11.6. The van der Waals surface area contributed by atoms with Gasteiger partial charge in [-0.05, 0) is 110 Å². The molecule has 0 amide bonds. The van der Waals surface area contributed by atoms with Crippen LogP contribution in [0.5, 0.6) is 0 Å². The Bertz CT molecular complexity index is 3200. The molecule has 11 rings (SSSR count). The van der Waals surface area contributed by atoms with Crippen molar-refractivity contribution in [2.24, 2.45) is 0 Å². The number of hydrogen-bond donors (Lipinski definition) is 0. The van der Waals surface area contributed by atoms with Gasteiger partial charge in [-0.3, -0.25) is 0 Å². The molecule has 2 nitrogen and oxygen atoms in total. The van der Waals surface area contributed by atoms with Crippen LogP contribution >= 0.6 is 0 Å². The molecular weight excluding hydrogens is 701 g/mol. The first-order chi connectivity index (χ1) is 28.8. The third kappa shape index (κ3) is 5.82. The minimum absolute atomic E-state index is 1.09. The Morgan fingerprint density at radius 2 is 0.759 bits per heavy atom. The molecule has 1 aromatic heterocycles. The predicted octanol–water partition coefficient (Wildman–Crippen LogP) is 15.6. The fraction of sp³-hybridized carbons (Fsp3) is 0. The molecule has 10 aromatic carbocycles. The average molecular weight is 739 g/mol. The van der Waals surface area contributed by atoms with Gasteiger partial charge in [0, 0.05) is 33.4 Å². The summed E-state index contributed by atoms with van der Waals surface area (Å²) >= 11 is 0. The summed E-state index contributed by atoms with van der Waals surface area (Å²) in [6, 6.07) is 83.7. The fourth-order valence-corrected chi connectivity index (χ4v) is 8.76. The molecule has 0 bridgehead atoms. The zero-order chi connectivity index (χ0) is 38.4. The first kappa shape index (κ1) is 33.6. The van der Waals surface area contributed by atoms with Crippen molar-refractivity contribution in [1.82, 2.24) is 4.57 Å². The Hall–Kier alpha value is -7.68. The second kappa shape index (κ2) is 14.1. The molecule has 0 aliphatic carbocycles. The van der Waals surface area contributed by atoms with E-state index in [4.69, 9.17) is 0 Å². The van der Waals surface area contributed by atoms with Crippen molar-refractivity contribution >= 4 is 60.4 Å². The van der Waals surface area contributed by atoms with Gasteiger partial charge >= 0.3 is 0 Å². The highest BCUT2D eigenvalue weighted by Crippen LogP contribution is 2.43. The summed E-state index contributed by atoms with van der Waals surface area (Å²) in [6.07, 6.45) is 0. The molecule has 0 N–H and O–H groups in total. The monoisotopic (exact) mass is 738 g/mol. The smallest absolute Gasteiger partial charge is 0.0541 e. The van der Waals surface area contributed by atoms with Crippen LogP contribution in [0.25, 0.3) is 82.4 Å². The second-order valence-electron chi connectivity index (χ2n) is 15.0. The molecule has 0 aliphatic heterocycles. The second-order valence-corrected chi connectivity index (χ2v) is 15.0. The van der Waals surface area contributed by atoms with E-state index in [-0.39, 0.29) is 0 Å². The van der Waals surface area contributed by atoms with Gasteiger partial charge in [0.15, 0.2) is 0 Å². The summed E-state index contributed by atoms with van der Waals surface area (Å²) in [5.41, 5.74) is 14.0. The zero-order valence-electron chi connectivity index (χ0n) is 31.8. The fourth-order valence-electron chi connectivity index (χ4n) is 8.76. The number of fused-ring (bicyclic) bond motifs is 5. The number of benzene rings is 10. The topological polar surface area (TPSA) is 8.17 Å². The van der Waals surface area contributed by atoms with Gasteiger partial charge in [0.25, 0.3) is 0 Å². The molecular formula is C56H38N2. The van der Waals surface area contributed by atoms with Crippen molar-refractivity contribution < 1.29 is 0 Å². The summed E-state index contributed by atoms with van der Waals surface area (Å²) in [5.74, 6) is 0. The van der Waals surface area contributed by atoms with E-state index in [1.54, 1.807) is 0 Å². The molecule has 0 fully saturated rings. The molecule has 0 saturated carbocycles. The van der Waals surface area contributed by atoms with Crippen LogP contribution in [0, 0.1) is 0 Å². The van der Waals surface area contributed by atoms with Gasteiger partial charge in [0.1, 0.15) is 0 Å². The zero-order valence-corrected chi connectivity index (χ0v) is 31.8. The van der Waals surface area contributed by atoms with Crippen molar-refractivity contribution in [2.75, 3.05) is 4.90 Å². The SMILES string of the molecule is c1ccc(N(c2ccc(-c3ccc(-c4ccc5ccccc5c4)cc3)cc2)c2ccc(-n3c4ccccc4c4ccccc43)cc2)c(-c2cccc3ccccc23)c1. The van der Waals surface area contributed by atoms with Crippen LogP contribution in [0.1, 0.15) is 0 Å². The number of anilines is 3. The van der Waals surface area contributed by atoms with Crippen LogP contribution in [-0.2, 0) is 0 Å². The molecule has 1 heterocycles. The number of hydrogen-bond acceptors (Lipinski definition) is 1. The van der Waals surface area contributed by atoms with Gasteiger partial charge in [0.2, 0.25) is 0 Å². The maximum atomic E-state index is 2.40. The molecule has 0 spiro atoms. The number of para-hydroxylation sites is 3. The number of rotatable bonds is 7. The van der Waals surface area contributed by atoms with Crippen LogP contribution in [0.15, 0.2) is 231 Å². The lowest BCUT2D eigenvalue weighted by Crippen LogP contribution is -2.11. The van der Waals surface area contributed by atoms with E-state index < -0.39 is 0 Å². The highest BCUT2D eigenvalue weighted by molar-refractivity contribution is 6.09. The predicted molar refractivity (Wildman–Crippen MR) is 247 cm³/mol. The van der Waals surface area contributed by atoms with Gasteiger partial charge < -0.3 is 9.47 Å². The van der Waals surface area contributed by atoms with Crippen molar-refractivity contribution in [3.8, 4) is 39.1 Å². The van der Waals surface area contributed by atoms with Gasteiger partial charge in [0.05, 0.1) is 16.7 Å². The maximum absolute atomic E-state index is 2.40. The van der Waals surface area contributed by atoms with Crippen LogP contribution in [-0.4, -0.2) is 4.57 Å². The van der Waals surface area contributed by atoms with Crippen molar-refractivity contribution in [1.29, 1.82) is 0 Å². The van der Waals surface area contributed by atoms with Gasteiger partial charge in [-0.2, -0.15) is 0 Å². The Morgan fingerprint density at radius 1 is 0.293 bits per heavy atom.